The van der Waals surface area contributed by atoms with E-state index in [1.54, 1.807) is 18.9 Å². The van der Waals surface area contributed by atoms with E-state index in [0.717, 1.165) is 36.4 Å². The zero-order chi connectivity index (χ0) is 15.9. The molecule has 0 N–H and O–H groups in total. The molecule has 0 aliphatic carbocycles. The minimum absolute atomic E-state index is 0.0453. The van der Waals surface area contributed by atoms with Crippen LogP contribution in [0.2, 0.25) is 0 Å². The smallest absolute Gasteiger partial charge is 0.252 e. The lowest BCUT2D eigenvalue weighted by Crippen LogP contribution is -2.58. The molecule has 2 aliphatic heterocycles. The van der Waals surface area contributed by atoms with Crippen LogP contribution < -0.4 is 4.90 Å². The van der Waals surface area contributed by atoms with Crippen LogP contribution in [0.1, 0.15) is 33.1 Å². The number of benzene rings is 1. The molecule has 2 amide bonds. The van der Waals surface area contributed by atoms with Gasteiger partial charge in [-0.2, -0.15) is 0 Å². The van der Waals surface area contributed by atoms with Crippen LogP contribution in [0.5, 0.6) is 0 Å². The lowest BCUT2D eigenvalue weighted by Gasteiger charge is -2.42. The van der Waals surface area contributed by atoms with Crippen LogP contribution in [-0.2, 0) is 9.59 Å². The van der Waals surface area contributed by atoms with E-state index in [0.29, 0.717) is 0 Å². The van der Waals surface area contributed by atoms with Crippen molar-refractivity contribution in [3.63, 3.8) is 0 Å². The summed E-state index contributed by atoms with van der Waals surface area (Å²) in [6.45, 7) is 4.61. The molecule has 118 valence electrons. The first-order chi connectivity index (χ1) is 10.4. The molecule has 0 saturated carbocycles. The van der Waals surface area contributed by atoms with E-state index in [2.05, 4.69) is 6.92 Å². The Balaban J connectivity index is 1.95. The quantitative estimate of drug-likeness (QED) is 0.748. The van der Waals surface area contributed by atoms with E-state index in [1.807, 2.05) is 29.2 Å². The van der Waals surface area contributed by atoms with Crippen LogP contribution in [0.4, 0.5) is 5.69 Å². The van der Waals surface area contributed by atoms with Crippen molar-refractivity contribution >= 4 is 29.3 Å². The van der Waals surface area contributed by atoms with Crippen LogP contribution in [0.3, 0.4) is 0 Å². The van der Waals surface area contributed by atoms with Crippen molar-refractivity contribution in [3.05, 3.63) is 24.3 Å². The lowest BCUT2D eigenvalue weighted by atomic mass is 9.99. The molecule has 1 saturated heterocycles. The second kappa shape index (κ2) is 5.61. The second-order valence-electron chi connectivity index (χ2n) is 6.31. The van der Waals surface area contributed by atoms with E-state index in [1.165, 1.54) is 11.8 Å². The minimum Gasteiger partial charge on any atom is -0.338 e. The van der Waals surface area contributed by atoms with Crippen molar-refractivity contribution in [3.8, 4) is 0 Å². The monoisotopic (exact) mass is 318 g/mol. The van der Waals surface area contributed by atoms with Crippen LogP contribution in [0.15, 0.2) is 29.2 Å². The molecule has 3 rings (SSSR count). The highest BCUT2D eigenvalue weighted by Crippen LogP contribution is 2.46. The molecule has 4 nitrogen and oxygen atoms in total. The van der Waals surface area contributed by atoms with E-state index < -0.39 is 4.75 Å². The van der Waals surface area contributed by atoms with Gasteiger partial charge in [0.15, 0.2) is 4.75 Å². The Kier molecular flexibility index (Phi) is 3.93. The topological polar surface area (TPSA) is 40.6 Å². The summed E-state index contributed by atoms with van der Waals surface area (Å²) in [5.41, 5.74) is 0.884. The number of hydrogen-bond acceptors (Lipinski definition) is 3. The fourth-order valence-corrected chi connectivity index (χ4v) is 4.65. The van der Waals surface area contributed by atoms with Crippen molar-refractivity contribution in [1.82, 2.24) is 4.90 Å². The molecule has 5 heteroatoms. The molecular formula is C17H22N2O2S. The summed E-state index contributed by atoms with van der Waals surface area (Å²) in [4.78, 5) is 30.5. The largest absolute Gasteiger partial charge is 0.338 e. The van der Waals surface area contributed by atoms with Crippen molar-refractivity contribution < 1.29 is 9.59 Å². The fraction of sp³-hybridized carbons (Fsp3) is 0.529. The Morgan fingerprint density at radius 3 is 2.77 bits per heavy atom. The van der Waals surface area contributed by atoms with Gasteiger partial charge in [0.1, 0.15) is 0 Å². The molecule has 1 fully saturated rings. The van der Waals surface area contributed by atoms with Crippen LogP contribution in [-0.4, -0.2) is 41.1 Å². The Morgan fingerprint density at radius 1 is 1.32 bits per heavy atom. The van der Waals surface area contributed by atoms with Crippen molar-refractivity contribution in [1.29, 1.82) is 0 Å². The first-order valence-corrected chi connectivity index (χ1v) is 8.64. The normalized spacial score (nSPS) is 28.5. The summed E-state index contributed by atoms with van der Waals surface area (Å²) in [7, 11) is 1.76. The molecule has 1 aromatic carbocycles. The maximum atomic E-state index is 13.1. The summed E-state index contributed by atoms with van der Waals surface area (Å²) in [5, 5.41) is 0. The first-order valence-electron chi connectivity index (χ1n) is 7.82. The summed E-state index contributed by atoms with van der Waals surface area (Å²) in [6, 6.07) is 7.99. The van der Waals surface area contributed by atoms with Gasteiger partial charge in [-0.05, 0) is 45.2 Å². The number of anilines is 1. The molecule has 0 radical (unpaired) electrons. The second-order valence-corrected chi connectivity index (χ2v) is 7.77. The van der Waals surface area contributed by atoms with Gasteiger partial charge in [0.25, 0.3) is 5.91 Å². The van der Waals surface area contributed by atoms with Gasteiger partial charge in [0.2, 0.25) is 5.91 Å². The summed E-state index contributed by atoms with van der Waals surface area (Å²) in [6.07, 6.45) is 3.20. The third kappa shape index (κ3) is 2.32. The Bertz CT molecular complexity index is 618. The number of piperidine rings is 1. The molecule has 2 aliphatic rings. The maximum Gasteiger partial charge on any atom is 0.252 e. The third-order valence-electron chi connectivity index (χ3n) is 4.73. The number of likely N-dealkylation sites (tertiary alicyclic amines) is 1. The number of carbonyl (C=O) groups is 2. The third-order valence-corrected chi connectivity index (χ3v) is 6.05. The van der Waals surface area contributed by atoms with Gasteiger partial charge in [-0.15, -0.1) is 0 Å². The van der Waals surface area contributed by atoms with Gasteiger partial charge in [-0.3, -0.25) is 9.59 Å². The average molecular weight is 318 g/mol. The van der Waals surface area contributed by atoms with Gasteiger partial charge < -0.3 is 9.80 Å². The van der Waals surface area contributed by atoms with Crippen molar-refractivity contribution in [2.24, 2.45) is 0 Å². The van der Waals surface area contributed by atoms with E-state index >= 15 is 0 Å². The molecule has 2 heterocycles. The van der Waals surface area contributed by atoms with Gasteiger partial charge in [0.05, 0.1) is 5.69 Å². The number of amides is 2. The number of nitrogens with zero attached hydrogens (tertiary/aromatic N) is 2. The molecule has 22 heavy (non-hydrogen) atoms. The van der Waals surface area contributed by atoms with Gasteiger partial charge in [-0.1, -0.05) is 23.9 Å². The van der Waals surface area contributed by atoms with Crippen molar-refractivity contribution in [2.45, 2.75) is 48.8 Å². The SMILES string of the molecule is CC1CCCCN1C(=O)C1(C)Sc2ccccc2N(C)C1=O. The Labute approximate surface area is 135 Å². The van der Waals surface area contributed by atoms with E-state index in [-0.39, 0.29) is 17.9 Å². The number of para-hydroxylation sites is 1. The van der Waals surface area contributed by atoms with Crippen LogP contribution >= 0.6 is 11.8 Å². The average Bonchev–Trinajstić information content (AvgIpc) is 2.52. The molecule has 0 bridgehead atoms. The number of fused-ring (bicyclic) bond motifs is 1. The molecular weight excluding hydrogens is 296 g/mol. The van der Waals surface area contributed by atoms with Crippen LogP contribution in [0.25, 0.3) is 0 Å². The molecule has 2 atom stereocenters. The van der Waals surface area contributed by atoms with Gasteiger partial charge in [-0.25, -0.2) is 0 Å². The molecule has 1 aromatic rings. The van der Waals surface area contributed by atoms with Gasteiger partial charge >= 0.3 is 0 Å². The molecule has 0 spiro atoms. The summed E-state index contributed by atoms with van der Waals surface area (Å²) >= 11 is 1.39. The number of rotatable bonds is 1. The summed E-state index contributed by atoms with van der Waals surface area (Å²) < 4.78 is -1.06. The van der Waals surface area contributed by atoms with Crippen molar-refractivity contribution in [2.75, 3.05) is 18.5 Å². The first kappa shape index (κ1) is 15.4. The summed E-state index contributed by atoms with van der Waals surface area (Å²) in [5.74, 6) is -0.171. The highest BCUT2D eigenvalue weighted by Gasteiger charge is 2.50. The lowest BCUT2D eigenvalue weighted by molar-refractivity contribution is -0.141. The Hall–Kier alpha value is -1.49. The number of carbonyl (C=O) groups excluding carboxylic acids is 2. The number of thioether (sulfide) groups is 1. The predicted octanol–water partition coefficient (Wildman–Crippen LogP) is 2.91. The predicted molar refractivity (Wildman–Crippen MR) is 89.1 cm³/mol. The van der Waals surface area contributed by atoms with Gasteiger partial charge in [0, 0.05) is 24.5 Å². The van der Waals surface area contributed by atoms with Crippen LogP contribution in [0, 0.1) is 0 Å². The maximum absolute atomic E-state index is 13.1. The Morgan fingerprint density at radius 2 is 2.05 bits per heavy atom. The highest BCUT2D eigenvalue weighted by atomic mass is 32.2. The molecule has 0 aromatic heterocycles. The minimum atomic E-state index is -1.06. The standard InChI is InChI=1S/C17H22N2O2S/c1-12-8-6-7-11-19(12)16(21)17(2)15(20)18(3)13-9-4-5-10-14(13)22-17/h4-5,9-10,12H,6-8,11H2,1-3H3. The number of hydrogen-bond donors (Lipinski definition) is 0. The van der Waals surface area contributed by atoms with E-state index in [9.17, 15) is 9.59 Å². The van der Waals surface area contributed by atoms with E-state index in [4.69, 9.17) is 0 Å². The zero-order valence-electron chi connectivity index (χ0n) is 13.3. The zero-order valence-corrected chi connectivity index (χ0v) is 14.2. The molecule has 2 unspecified atom stereocenters. The highest BCUT2D eigenvalue weighted by molar-refractivity contribution is 8.02. The fourth-order valence-electron chi connectivity index (χ4n) is 3.32.